The minimum absolute atomic E-state index is 0.0653. The number of nitriles is 1. The highest BCUT2D eigenvalue weighted by molar-refractivity contribution is 9.10. The van der Waals surface area contributed by atoms with Crippen LogP contribution in [0, 0.1) is 17.2 Å². The van der Waals surface area contributed by atoms with E-state index in [0.717, 1.165) is 22.9 Å². The lowest BCUT2D eigenvalue weighted by molar-refractivity contribution is -0.121. The third-order valence-corrected chi connectivity index (χ3v) is 4.38. The van der Waals surface area contributed by atoms with Gasteiger partial charge in [0.15, 0.2) is 0 Å². The molecule has 1 unspecified atom stereocenters. The molecule has 1 fully saturated rings. The molecule has 3 nitrogen and oxygen atoms in total. The van der Waals surface area contributed by atoms with Crippen molar-refractivity contribution in [3.05, 3.63) is 34.3 Å². The number of amides is 1. The lowest BCUT2D eigenvalue weighted by atomic mass is 9.84. The molecule has 0 heterocycles. The molecular formula is C16H19BrN2O. The summed E-state index contributed by atoms with van der Waals surface area (Å²) < 4.78 is 0.999. The lowest BCUT2D eigenvalue weighted by Gasteiger charge is -2.26. The Morgan fingerprint density at radius 2 is 1.95 bits per heavy atom. The van der Waals surface area contributed by atoms with Gasteiger partial charge in [-0.3, -0.25) is 4.79 Å². The summed E-state index contributed by atoms with van der Waals surface area (Å²) in [6.07, 6.45) is 6.03. The number of carbonyl (C=O) groups excluding carboxylic acids is 1. The van der Waals surface area contributed by atoms with Crippen LogP contribution in [0.3, 0.4) is 0 Å². The van der Waals surface area contributed by atoms with Gasteiger partial charge in [0, 0.05) is 4.47 Å². The minimum Gasteiger partial charge on any atom is -0.340 e. The van der Waals surface area contributed by atoms with Gasteiger partial charge >= 0.3 is 0 Å². The fourth-order valence-electron chi connectivity index (χ4n) is 2.74. The number of nitrogens with one attached hydrogen (secondary N) is 1. The summed E-state index contributed by atoms with van der Waals surface area (Å²) in [4.78, 5) is 12.0. The van der Waals surface area contributed by atoms with Crippen molar-refractivity contribution in [1.29, 1.82) is 5.26 Å². The Labute approximate surface area is 128 Å². The van der Waals surface area contributed by atoms with Gasteiger partial charge in [-0.25, -0.2) is 0 Å². The van der Waals surface area contributed by atoms with E-state index in [1.54, 1.807) is 0 Å². The Balaban J connectivity index is 1.89. The topological polar surface area (TPSA) is 52.9 Å². The molecule has 106 valence electrons. The van der Waals surface area contributed by atoms with Gasteiger partial charge in [0.05, 0.1) is 12.5 Å². The standard InChI is InChI=1S/C16H19BrN2O/c17-14-8-6-12(7-9-14)10-16(20)19-15(11-18)13-4-2-1-3-5-13/h6-9,13,15H,1-5,10H2,(H,19,20). The van der Waals surface area contributed by atoms with E-state index >= 15 is 0 Å². The van der Waals surface area contributed by atoms with Crippen molar-refractivity contribution in [1.82, 2.24) is 5.32 Å². The second kappa shape index (κ2) is 7.44. The molecule has 1 amide bonds. The quantitative estimate of drug-likeness (QED) is 0.914. The Bertz CT molecular complexity index is 486. The predicted octanol–water partition coefficient (Wildman–Crippen LogP) is 3.58. The minimum atomic E-state index is -0.335. The zero-order chi connectivity index (χ0) is 14.4. The molecule has 4 heteroatoms. The number of carbonyl (C=O) groups is 1. The first-order valence-electron chi connectivity index (χ1n) is 7.12. The fourth-order valence-corrected chi connectivity index (χ4v) is 3.00. The van der Waals surface area contributed by atoms with Crippen LogP contribution >= 0.6 is 15.9 Å². The molecule has 0 aromatic heterocycles. The maximum atomic E-state index is 12.0. The maximum Gasteiger partial charge on any atom is 0.225 e. The van der Waals surface area contributed by atoms with Crippen molar-refractivity contribution in [3.63, 3.8) is 0 Å². The molecule has 0 saturated heterocycles. The molecule has 2 rings (SSSR count). The Morgan fingerprint density at radius 1 is 1.30 bits per heavy atom. The summed E-state index contributed by atoms with van der Waals surface area (Å²) in [6.45, 7) is 0. The number of halogens is 1. The van der Waals surface area contributed by atoms with Crippen LogP contribution in [0.25, 0.3) is 0 Å². The van der Waals surface area contributed by atoms with E-state index in [-0.39, 0.29) is 11.9 Å². The smallest absolute Gasteiger partial charge is 0.225 e. The zero-order valence-electron chi connectivity index (χ0n) is 11.4. The molecule has 0 bridgehead atoms. The number of hydrogen-bond donors (Lipinski definition) is 1. The van der Waals surface area contributed by atoms with Crippen LogP contribution in [-0.4, -0.2) is 11.9 Å². The van der Waals surface area contributed by atoms with Gasteiger partial charge in [0.1, 0.15) is 6.04 Å². The summed E-state index contributed by atoms with van der Waals surface area (Å²) in [7, 11) is 0. The second-order valence-electron chi connectivity index (χ2n) is 5.38. The van der Waals surface area contributed by atoms with E-state index in [0.29, 0.717) is 12.3 Å². The van der Waals surface area contributed by atoms with Crippen molar-refractivity contribution in [2.45, 2.75) is 44.6 Å². The van der Waals surface area contributed by atoms with Crippen molar-refractivity contribution in [2.75, 3.05) is 0 Å². The van der Waals surface area contributed by atoms with E-state index in [9.17, 15) is 10.1 Å². The highest BCUT2D eigenvalue weighted by Crippen LogP contribution is 2.26. The van der Waals surface area contributed by atoms with Gasteiger partial charge in [0.25, 0.3) is 0 Å². The maximum absolute atomic E-state index is 12.0. The number of nitrogens with zero attached hydrogens (tertiary/aromatic N) is 1. The monoisotopic (exact) mass is 334 g/mol. The van der Waals surface area contributed by atoms with Crippen LogP contribution in [0.4, 0.5) is 0 Å². The summed E-state index contributed by atoms with van der Waals surface area (Å²) in [5.74, 6) is 0.257. The van der Waals surface area contributed by atoms with Gasteiger partial charge < -0.3 is 5.32 Å². The zero-order valence-corrected chi connectivity index (χ0v) is 13.0. The molecule has 0 spiro atoms. The Hall–Kier alpha value is -1.34. The molecule has 0 radical (unpaired) electrons. The first kappa shape index (κ1) is 15.1. The summed E-state index contributed by atoms with van der Waals surface area (Å²) in [5, 5.41) is 12.1. The molecule has 1 N–H and O–H groups in total. The SMILES string of the molecule is N#CC(NC(=O)Cc1ccc(Br)cc1)C1CCCCC1. The van der Waals surface area contributed by atoms with E-state index in [1.165, 1.54) is 19.3 Å². The van der Waals surface area contributed by atoms with Gasteiger partial charge in [-0.1, -0.05) is 47.3 Å². The predicted molar refractivity (Wildman–Crippen MR) is 82.0 cm³/mol. The fraction of sp³-hybridized carbons (Fsp3) is 0.500. The molecule has 20 heavy (non-hydrogen) atoms. The van der Waals surface area contributed by atoms with Gasteiger partial charge in [0.2, 0.25) is 5.91 Å². The third-order valence-electron chi connectivity index (χ3n) is 3.85. The van der Waals surface area contributed by atoms with Crippen molar-refractivity contribution >= 4 is 21.8 Å². The van der Waals surface area contributed by atoms with E-state index < -0.39 is 0 Å². The largest absolute Gasteiger partial charge is 0.340 e. The summed E-state index contributed by atoms with van der Waals surface area (Å²) in [6, 6.07) is 9.61. The Kier molecular flexibility index (Phi) is 5.60. The lowest BCUT2D eigenvalue weighted by Crippen LogP contribution is -2.40. The van der Waals surface area contributed by atoms with Gasteiger partial charge in [-0.2, -0.15) is 5.26 Å². The van der Waals surface area contributed by atoms with Crippen LogP contribution in [0.2, 0.25) is 0 Å². The molecule has 1 aromatic rings. The second-order valence-corrected chi connectivity index (χ2v) is 6.29. The molecular weight excluding hydrogens is 316 g/mol. The average Bonchev–Trinajstić information content (AvgIpc) is 2.48. The van der Waals surface area contributed by atoms with E-state index in [2.05, 4.69) is 27.3 Å². The normalized spacial score (nSPS) is 17.2. The van der Waals surface area contributed by atoms with Gasteiger partial charge in [-0.15, -0.1) is 0 Å². The number of benzene rings is 1. The number of hydrogen-bond acceptors (Lipinski definition) is 2. The van der Waals surface area contributed by atoms with Crippen molar-refractivity contribution in [3.8, 4) is 6.07 Å². The molecule has 0 aliphatic heterocycles. The van der Waals surface area contributed by atoms with Crippen LogP contribution in [0.1, 0.15) is 37.7 Å². The van der Waals surface area contributed by atoms with E-state index in [1.807, 2.05) is 24.3 Å². The highest BCUT2D eigenvalue weighted by Gasteiger charge is 2.24. The molecule has 1 atom stereocenters. The molecule has 1 aromatic carbocycles. The van der Waals surface area contributed by atoms with Crippen molar-refractivity contribution in [2.24, 2.45) is 5.92 Å². The van der Waals surface area contributed by atoms with Crippen molar-refractivity contribution < 1.29 is 4.79 Å². The van der Waals surface area contributed by atoms with Crippen LogP contribution in [0.5, 0.6) is 0 Å². The van der Waals surface area contributed by atoms with Crippen LogP contribution in [-0.2, 0) is 11.2 Å². The van der Waals surface area contributed by atoms with Gasteiger partial charge in [-0.05, 0) is 36.5 Å². The average molecular weight is 335 g/mol. The summed E-state index contributed by atoms with van der Waals surface area (Å²) in [5.41, 5.74) is 0.964. The van der Waals surface area contributed by atoms with E-state index in [4.69, 9.17) is 0 Å². The Morgan fingerprint density at radius 3 is 2.55 bits per heavy atom. The van der Waals surface area contributed by atoms with Crippen LogP contribution in [0.15, 0.2) is 28.7 Å². The third kappa shape index (κ3) is 4.35. The first-order valence-corrected chi connectivity index (χ1v) is 7.92. The van der Waals surface area contributed by atoms with Crippen LogP contribution < -0.4 is 5.32 Å². The molecule has 1 aliphatic carbocycles. The highest BCUT2D eigenvalue weighted by atomic mass is 79.9. The summed E-state index contributed by atoms with van der Waals surface area (Å²) >= 11 is 3.37. The molecule has 1 saturated carbocycles. The first-order chi connectivity index (χ1) is 9.69. The number of rotatable bonds is 4. The molecule has 1 aliphatic rings.